The van der Waals surface area contributed by atoms with Gasteiger partial charge in [-0.15, -0.1) is 4.40 Å². The van der Waals surface area contributed by atoms with E-state index in [0.717, 1.165) is 0 Å². The number of sulfonamides is 1. The Balaban J connectivity index is 1.43. The van der Waals surface area contributed by atoms with E-state index in [1.165, 1.54) is 6.07 Å². The van der Waals surface area contributed by atoms with E-state index in [4.69, 9.17) is 4.74 Å². The van der Waals surface area contributed by atoms with Gasteiger partial charge in [0.2, 0.25) is 0 Å². The summed E-state index contributed by atoms with van der Waals surface area (Å²) in [6.07, 6.45) is 1.32. The molecule has 2 heterocycles. The van der Waals surface area contributed by atoms with E-state index in [1.54, 1.807) is 42.5 Å². The van der Waals surface area contributed by atoms with Crippen LogP contribution in [0.15, 0.2) is 63.9 Å². The van der Waals surface area contributed by atoms with Gasteiger partial charge in [0.15, 0.2) is 18.2 Å². The predicted molar refractivity (Wildman–Crippen MR) is 106 cm³/mol. The van der Waals surface area contributed by atoms with Gasteiger partial charge < -0.3 is 9.64 Å². The first-order valence-corrected chi connectivity index (χ1v) is 10.8. The molecule has 0 spiro atoms. The number of ketones is 1. The van der Waals surface area contributed by atoms with Crippen LogP contribution in [0.4, 0.5) is 0 Å². The van der Waals surface area contributed by atoms with E-state index in [1.807, 2.05) is 11.0 Å². The van der Waals surface area contributed by atoms with Crippen LogP contribution in [0.5, 0.6) is 0 Å². The number of fused-ring (bicyclic) bond motifs is 1. The lowest BCUT2D eigenvalue weighted by Crippen LogP contribution is -2.43. The molecule has 2 aliphatic heterocycles. The number of amidine groups is 1. The minimum absolute atomic E-state index is 0.188. The van der Waals surface area contributed by atoms with Crippen LogP contribution in [-0.4, -0.2) is 50.6 Å². The lowest BCUT2D eigenvalue weighted by Gasteiger charge is -2.32. The Bertz CT molecular complexity index is 1080. The monoisotopic (exact) mass is 412 g/mol. The molecular formula is C21H20N2O5S. The highest BCUT2D eigenvalue weighted by atomic mass is 32.2. The summed E-state index contributed by atoms with van der Waals surface area (Å²) in [5, 5.41) is 0. The second kappa shape index (κ2) is 7.79. The number of Topliss-reactive ketones (excluding diaryl/α,β-unsaturated/α-hetero) is 1. The van der Waals surface area contributed by atoms with Crippen molar-refractivity contribution in [1.29, 1.82) is 0 Å². The summed E-state index contributed by atoms with van der Waals surface area (Å²) in [6, 6.07) is 15.3. The average molecular weight is 412 g/mol. The highest BCUT2D eigenvalue weighted by Gasteiger charge is 2.35. The second-order valence-corrected chi connectivity index (χ2v) is 8.64. The Morgan fingerprint density at radius 2 is 1.79 bits per heavy atom. The van der Waals surface area contributed by atoms with Crippen molar-refractivity contribution in [1.82, 2.24) is 4.90 Å². The normalized spacial score (nSPS) is 19.9. The molecule has 150 valence electrons. The SMILES string of the molecule is O=C(COC(=O)[C@@H]1CCCN(C2=NS(=O)(=O)c3ccccc32)C1)c1ccccc1. The van der Waals surface area contributed by atoms with Crippen LogP contribution >= 0.6 is 0 Å². The minimum Gasteiger partial charge on any atom is -0.457 e. The van der Waals surface area contributed by atoms with Crippen molar-refractivity contribution in [2.24, 2.45) is 10.3 Å². The zero-order chi connectivity index (χ0) is 20.4. The highest BCUT2D eigenvalue weighted by Crippen LogP contribution is 2.30. The number of benzene rings is 2. The first-order valence-electron chi connectivity index (χ1n) is 9.40. The van der Waals surface area contributed by atoms with Gasteiger partial charge in [0, 0.05) is 24.2 Å². The molecular weight excluding hydrogens is 392 g/mol. The summed E-state index contributed by atoms with van der Waals surface area (Å²) in [4.78, 5) is 26.7. The molecule has 2 aromatic rings. The molecule has 1 saturated heterocycles. The van der Waals surface area contributed by atoms with Crippen LogP contribution in [0.2, 0.25) is 0 Å². The van der Waals surface area contributed by atoms with Gasteiger partial charge in [0.05, 0.1) is 5.92 Å². The van der Waals surface area contributed by atoms with Gasteiger partial charge in [0.25, 0.3) is 10.0 Å². The lowest BCUT2D eigenvalue weighted by molar-refractivity contribution is -0.148. The summed E-state index contributed by atoms with van der Waals surface area (Å²) in [6.45, 7) is 0.605. The van der Waals surface area contributed by atoms with Gasteiger partial charge in [-0.3, -0.25) is 9.59 Å². The number of carbonyl (C=O) groups is 2. The molecule has 0 aromatic heterocycles. The van der Waals surface area contributed by atoms with Crippen LogP contribution in [0.3, 0.4) is 0 Å². The molecule has 0 N–H and O–H groups in total. The molecule has 4 rings (SSSR count). The molecule has 0 amide bonds. The zero-order valence-corrected chi connectivity index (χ0v) is 16.5. The van der Waals surface area contributed by atoms with Crippen LogP contribution in [0.25, 0.3) is 0 Å². The van der Waals surface area contributed by atoms with Crippen molar-refractivity contribution < 1.29 is 22.7 Å². The molecule has 0 unspecified atom stereocenters. The first-order chi connectivity index (χ1) is 14.0. The summed E-state index contributed by atoms with van der Waals surface area (Å²) >= 11 is 0. The number of hydrogen-bond acceptors (Lipinski definition) is 6. The Morgan fingerprint density at radius 3 is 2.59 bits per heavy atom. The molecule has 0 radical (unpaired) electrons. The summed E-state index contributed by atoms with van der Waals surface area (Å²) in [5.74, 6) is -0.774. The molecule has 29 heavy (non-hydrogen) atoms. The average Bonchev–Trinajstić information content (AvgIpc) is 3.04. The minimum atomic E-state index is -3.71. The Morgan fingerprint density at radius 1 is 1.07 bits per heavy atom. The molecule has 7 nitrogen and oxygen atoms in total. The van der Waals surface area contributed by atoms with Crippen LogP contribution in [0.1, 0.15) is 28.8 Å². The number of nitrogens with zero attached hydrogens (tertiary/aromatic N) is 2. The van der Waals surface area contributed by atoms with Crippen molar-refractivity contribution >= 4 is 27.6 Å². The van der Waals surface area contributed by atoms with E-state index in [9.17, 15) is 18.0 Å². The quantitative estimate of drug-likeness (QED) is 0.565. The fourth-order valence-corrected chi connectivity index (χ4v) is 4.87. The first kappa shape index (κ1) is 19.3. The van der Waals surface area contributed by atoms with Crippen molar-refractivity contribution in [3.05, 3.63) is 65.7 Å². The molecule has 2 aromatic carbocycles. The van der Waals surface area contributed by atoms with Gasteiger partial charge in [0.1, 0.15) is 4.90 Å². The summed E-state index contributed by atoms with van der Waals surface area (Å²) < 4.78 is 33.8. The van der Waals surface area contributed by atoms with Crippen molar-refractivity contribution in [2.45, 2.75) is 17.7 Å². The topological polar surface area (TPSA) is 93.1 Å². The highest BCUT2D eigenvalue weighted by molar-refractivity contribution is 7.90. The number of esters is 1. The van der Waals surface area contributed by atoms with Crippen LogP contribution in [-0.2, 0) is 19.6 Å². The Hall–Kier alpha value is -3.00. The lowest BCUT2D eigenvalue weighted by atomic mass is 9.97. The molecule has 0 bridgehead atoms. The number of piperidine rings is 1. The zero-order valence-electron chi connectivity index (χ0n) is 15.7. The van der Waals surface area contributed by atoms with Gasteiger partial charge >= 0.3 is 5.97 Å². The van der Waals surface area contributed by atoms with Gasteiger partial charge in [-0.25, -0.2) is 0 Å². The van der Waals surface area contributed by atoms with Crippen LogP contribution < -0.4 is 0 Å². The number of likely N-dealkylation sites (tertiary alicyclic amines) is 1. The summed E-state index contributed by atoms with van der Waals surface area (Å²) in [5.41, 5.74) is 1.05. The maximum atomic E-state index is 12.5. The fraction of sp³-hybridized carbons (Fsp3) is 0.286. The van der Waals surface area contributed by atoms with E-state index < -0.39 is 21.9 Å². The Kier molecular flexibility index (Phi) is 5.19. The maximum absolute atomic E-state index is 12.5. The van der Waals surface area contributed by atoms with E-state index >= 15 is 0 Å². The number of hydrogen-bond donors (Lipinski definition) is 0. The molecule has 0 aliphatic carbocycles. The van der Waals surface area contributed by atoms with E-state index in [-0.39, 0.29) is 17.3 Å². The van der Waals surface area contributed by atoms with E-state index in [2.05, 4.69) is 4.40 Å². The second-order valence-electron chi connectivity index (χ2n) is 7.07. The van der Waals surface area contributed by atoms with Gasteiger partial charge in [-0.05, 0) is 25.0 Å². The molecule has 2 aliphatic rings. The molecule has 8 heteroatoms. The van der Waals surface area contributed by atoms with Crippen LogP contribution in [0, 0.1) is 5.92 Å². The fourth-order valence-electron chi connectivity index (χ4n) is 3.64. The molecule has 1 atom stereocenters. The van der Waals surface area contributed by atoms with Gasteiger partial charge in [-0.1, -0.05) is 42.5 Å². The largest absolute Gasteiger partial charge is 0.457 e. The maximum Gasteiger partial charge on any atom is 0.311 e. The standard InChI is InChI=1S/C21H20N2O5S/c24-18(15-7-2-1-3-8-15)14-28-21(25)16-9-6-12-23(13-16)20-17-10-4-5-11-19(17)29(26,27)22-20/h1-5,7-8,10-11,16H,6,9,12-14H2/t16-/m1/s1. The number of rotatable bonds is 4. The third kappa shape index (κ3) is 3.93. The molecule has 1 fully saturated rings. The van der Waals surface area contributed by atoms with Crippen molar-refractivity contribution in [3.63, 3.8) is 0 Å². The Labute approximate surface area is 169 Å². The number of carbonyl (C=O) groups excluding carboxylic acids is 2. The number of ether oxygens (including phenoxy) is 1. The predicted octanol–water partition coefficient (Wildman–Crippen LogP) is 2.27. The van der Waals surface area contributed by atoms with E-state index in [0.29, 0.717) is 42.9 Å². The third-order valence-corrected chi connectivity index (χ3v) is 6.43. The smallest absolute Gasteiger partial charge is 0.311 e. The third-order valence-electron chi connectivity index (χ3n) is 5.11. The van der Waals surface area contributed by atoms with Crippen molar-refractivity contribution in [2.75, 3.05) is 19.7 Å². The summed E-state index contributed by atoms with van der Waals surface area (Å²) in [7, 11) is -3.71. The molecule has 0 saturated carbocycles. The van der Waals surface area contributed by atoms with Crippen molar-refractivity contribution in [3.8, 4) is 0 Å². The van der Waals surface area contributed by atoms with Gasteiger partial charge in [-0.2, -0.15) is 8.42 Å².